The predicted molar refractivity (Wildman–Crippen MR) is 77.6 cm³/mol. The maximum atomic E-state index is 13.4. The lowest BCUT2D eigenvalue weighted by molar-refractivity contribution is 0.414. The summed E-state index contributed by atoms with van der Waals surface area (Å²) in [7, 11) is 1.58. The molecular weight excluding hydrogens is 269 g/mol. The van der Waals surface area contributed by atoms with Gasteiger partial charge in [-0.25, -0.2) is 9.37 Å². The fourth-order valence-corrected chi connectivity index (χ4v) is 2.18. The molecule has 0 spiro atoms. The summed E-state index contributed by atoms with van der Waals surface area (Å²) in [5.74, 6) is 0.327. The van der Waals surface area contributed by atoms with Gasteiger partial charge in [0.05, 0.1) is 13.3 Å². The monoisotopic (exact) mass is 283 g/mol. The molecule has 0 saturated heterocycles. The van der Waals surface area contributed by atoms with E-state index in [0.29, 0.717) is 23.4 Å². The standard InChI is InChI=1S/C16H14FN3O/c1-21-15-6-5-14(7-11-9-18-19-10-11)20-16(15)12-3-2-4-13(17)8-12/h2-6,8-10H,7H2,1H3,(H,18,19). The first kappa shape index (κ1) is 13.3. The fraction of sp³-hybridized carbons (Fsp3) is 0.125. The lowest BCUT2D eigenvalue weighted by Crippen LogP contribution is -1.97. The second-order valence-corrected chi connectivity index (χ2v) is 4.65. The zero-order valence-corrected chi connectivity index (χ0v) is 11.5. The van der Waals surface area contributed by atoms with Gasteiger partial charge in [0.15, 0.2) is 0 Å². The maximum absolute atomic E-state index is 13.4. The van der Waals surface area contributed by atoms with E-state index in [1.165, 1.54) is 12.1 Å². The number of halogens is 1. The van der Waals surface area contributed by atoms with Crippen molar-refractivity contribution >= 4 is 0 Å². The SMILES string of the molecule is COc1ccc(Cc2cn[nH]c2)nc1-c1cccc(F)c1. The van der Waals surface area contributed by atoms with Gasteiger partial charge >= 0.3 is 0 Å². The molecule has 21 heavy (non-hydrogen) atoms. The molecule has 0 aliphatic carbocycles. The van der Waals surface area contributed by atoms with E-state index in [4.69, 9.17) is 4.74 Å². The van der Waals surface area contributed by atoms with Gasteiger partial charge < -0.3 is 4.74 Å². The van der Waals surface area contributed by atoms with Gasteiger partial charge in [-0.05, 0) is 29.8 Å². The molecule has 2 aromatic heterocycles. The number of hydrogen-bond donors (Lipinski definition) is 1. The number of nitrogens with zero attached hydrogens (tertiary/aromatic N) is 2. The molecule has 3 aromatic rings. The first-order valence-corrected chi connectivity index (χ1v) is 6.54. The summed E-state index contributed by atoms with van der Waals surface area (Å²) in [6.07, 6.45) is 4.24. The van der Waals surface area contributed by atoms with E-state index in [-0.39, 0.29) is 5.82 Å². The molecule has 4 nitrogen and oxygen atoms in total. The van der Waals surface area contributed by atoms with E-state index in [0.717, 1.165) is 11.3 Å². The lowest BCUT2D eigenvalue weighted by atomic mass is 10.1. The maximum Gasteiger partial charge on any atom is 0.145 e. The third-order valence-electron chi connectivity index (χ3n) is 3.17. The number of nitrogens with one attached hydrogen (secondary N) is 1. The molecular formula is C16H14FN3O. The van der Waals surface area contributed by atoms with Crippen LogP contribution in [0.4, 0.5) is 4.39 Å². The Balaban J connectivity index is 2.01. The van der Waals surface area contributed by atoms with Crippen LogP contribution in [-0.2, 0) is 6.42 Å². The average Bonchev–Trinajstić information content (AvgIpc) is 3.00. The minimum absolute atomic E-state index is 0.295. The van der Waals surface area contributed by atoms with Crippen molar-refractivity contribution in [2.75, 3.05) is 7.11 Å². The van der Waals surface area contributed by atoms with Crippen LogP contribution < -0.4 is 4.74 Å². The zero-order valence-electron chi connectivity index (χ0n) is 11.5. The topological polar surface area (TPSA) is 50.8 Å². The molecule has 1 N–H and O–H groups in total. The van der Waals surface area contributed by atoms with Crippen LogP contribution >= 0.6 is 0 Å². The predicted octanol–water partition coefficient (Wildman–Crippen LogP) is 3.21. The van der Waals surface area contributed by atoms with Crippen LogP contribution in [-0.4, -0.2) is 22.3 Å². The van der Waals surface area contributed by atoms with Crippen LogP contribution in [0.1, 0.15) is 11.3 Å². The van der Waals surface area contributed by atoms with Crippen molar-refractivity contribution < 1.29 is 9.13 Å². The van der Waals surface area contributed by atoms with Gasteiger partial charge in [0.25, 0.3) is 0 Å². The molecule has 3 rings (SSSR count). The molecule has 106 valence electrons. The summed E-state index contributed by atoms with van der Waals surface area (Å²) < 4.78 is 18.7. The fourth-order valence-electron chi connectivity index (χ4n) is 2.18. The van der Waals surface area contributed by atoms with Crippen molar-refractivity contribution in [3.63, 3.8) is 0 Å². The highest BCUT2D eigenvalue weighted by atomic mass is 19.1. The van der Waals surface area contributed by atoms with Crippen LogP contribution in [0.25, 0.3) is 11.3 Å². The minimum atomic E-state index is -0.295. The van der Waals surface area contributed by atoms with E-state index < -0.39 is 0 Å². The van der Waals surface area contributed by atoms with Crippen molar-refractivity contribution in [1.82, 2.24) is 15.2 Å². The van der Waals surface area contributed by atoms with Crippen molar-refractivity contribution in [3.8, 4) is 17.0 Å². The second kappa shape index (κ2) is 5.75. The number of hydrogen-bond acceptors (Lipinski definition) is 3. The van der Waals surface area contributed by atoms with Crippen LogP contribution in [0.15, 0.2) is 48.8 Å². The smallest absolute Gasteiger partial charge is 0.145 e. The van der Waals surface area contributed by atoms with Gasteiger partial charge in [-0.3, -0.25) is 5.10 Å². The molecule has 2 heterocycles. The Bertz CT molecular complexity index is 741. The Morgan fingerprint density at radius 1 is 1.24 bits per heavy atom. The molecule has 0 unspecified atom stereocenters. The summed E-state index contributed by atoms with van der Waals surface area (Å²) in [6.45, 7) is 0. The van der Waals surface area contributed by atoms with Crippen LogP contribution in [0, 0.1) is 5.82 Å². The van der Waals surface area contributed by atoms with Crippen molar-refractivity contribution in [3.05, 3.63) is 65.9 Å². The lowest BCUT2D eigenvalue weighted by Gasteiger charge is -2.10. The van der Waals surface area contributed by atoms with Crippen LogP contribution in [0.2, 0.25) is 0 Å². The quantitative estimate of drug-likeness (QED) is 0.800. The molecule has 0 radical (unpaired) electrons. The number of pyridine rings is 1. The highest BCUT2D eigenvalue weighted by Gasteiger charge is 2.10. The van der Waals surface area contributed by atoms with Gasteiger partial charge in [0.2, 0.25) is 0 Å². The van der Waals surface area contributed by atoms with Crippen molar-refractivity contribution in [2.45, 2.75) is 6.42 Å². The van der Waals surface area contributed by atoms with E-state index in [2.05, 4.69) is 15.2 Å². The number of ether oxygens (including phenoxy) is 1. The number of rotatable bonds is 4. The Morgan fingerprint density at radius 2 is 2.14 bits per heavy atom. The van der Waals surface area contributed by atoms with Gasteiger partial charge in [-0.1, -0.05) is 12.1 Å². The molecule has 0 fully saturated rings. The Labute approximate surface area is 121 Å². The number of methoxy groups -OCH3 is 1. The molecule has 0 aliphatic heterocycles. The van der Waals surface area contributed by atoms with E-state index in [9.17, 15) is 4.39 Å². The summed E-state index contributed by atoms with van der Waals surface area (Å²) in [4.78, 5) is 4.60. The highest BCUT2D eigenvalue weighted by molar-refractivity contribution is 5.66. The highest BCUT2D eigenvalue weighted by Crippen LogP contribution is 2.29. The second-order valence-electron chi connectivity index (χ2n) is 4.65. The minimum Gasteiger partial charge on any atom is -0.494 e. The van der Waals surface area contributed by atoms with E-state index >= 15 is 0 Å². The summed E-state index contributed by atoms with van der Waals surface area (Å²) in [6, 6.07) is 10.1. The molecule has 5 heteroatoms. The Kier molecular flexibility index (Phi) is 3.64. The molecule has 0 atom stereocenters. The van der Waals surface area contributed by atoms with E-state index in [1.54, 1.807) is 19.4 Å². The summed E-state index contributed by atoms with van der Waals surface area (Å²) in [5.41, 5.74) is 3.24. The van der Waals surface area contributed by atoms with Gasteiger partial charge in [0.1, 0.15) is 17.3 Å². The number of H-pyrrole nitrogens is 1. The first-order valence-electron chi connectivity index (χ1n) is 6.54. The molecule has 0 bridgehead atoms. The number of aromatic nitrogens is 3. The van der Waals surface area contributed by atoms with Crippen LogP contribution in [0.3, 0.4) is 0 Å². The third kappa shape index (κ3) is 2.91. The molecule has 0 aliphatic rings. The summed E-state index contributed by atoms with van der Waals surface area (Å²) >= 11 is 0. The van der Waals surface area contributed by atoms with Gasteiger partial charge in [-0.15, -0.1) is 0 Å². The molecule has 0 saturated carbocycles. The van der Waals surface area contributed by atoms with Gasteiger partial charge in [0, 0.05) is 23.9 Å². The Morgan fingerprint density at radius 3 is 2.86 bits per heavy atom. The molecule has 1 aromatic carbocycles. The van der Waals surface area contributed by atoms with Crippen molar-refractivity contribution in [2.24, 2.45) is 0 Å². The third-order valence-corrected chi connectivity index (χ3v) is 3.17. The van der Waals surface area contributed by atoms with E-state index in [1.807, 2.05) is 24.4 Å². The number of benzene rings is 1. The average molecular weight is 283 g/mol. The normalized spacial score (nSPS) is 10.6. The zero-order chi connectivity index (χ0) is 14.7. The Hall–Kier alpha value is -2.69. The van der Waals surface area contributed by atoms with Gasteiger partial charge in [-0.2, -0.15) is 5.10 Å². The number of aromatic amines is 1. The summed E-state index contributed by atoms with van der Waals surface area (Å²) in [5, 5.41) is 6.69. The molecule has 0 amide bonds. The largest absolute Gasteiger partial charge is 0.494 e. The first-order chi connectivity index (χ1) is 10.3. The van der Waals surface area contributed by atoms with Crippen molar-refractivity contribution in [1.29, 1.82) is 0 Å². The van der Waals surface area contributed by atoms with Crippen LogP contribution in [0.5, 0.6) is 5.75 Å².